The van der Waals surface area contributed by atoms with E-state index in [1.54, 1.807) is 0 Å². The van der Waals surface area contributed by atoms with Crippen molar-refractivity contribution in [3.05, 3.63) is 63.1 Å². The molecule has 1 aliphatic carbocycles. The number of aryl methyl sites for hydroxylation is 1. The van der Waals surface area contributed by atoms with Gasteiger partial charge in [-0.25, -0.2) is 0 Å². The third-order valence-corrected chi connectivity index (χ3v) is 4.87. The van der Waals surface area contributed by atoms with Crippen LogP contribution in [0.25, 0.3) is 0 Å². The van der Waals surface area contributed by atoms with E-state index >= 15 is 0 Å². The first-order valence-corrected chi connectivity index (χ1v) is 7.68. The first-order valence-electron chi connectivity index (χ1n) is 6.51. The topological polar surface area (TPSA) is 12.0 Å². The van der Waals surface area contributed by atoms with Gasteiger partial charge in [0.05, 0.1) is 5.02 Å². The van der Waals surface area contributed by atoms with Crippen molar-refractivity contribution in [2.75, 3.05) is 5.32 Å². The Morgan fingerprint density at radius 3 is 2.68 bits per heavy atom. The maximum atomic E-state index is 6.13. The molecule has 0 saturated carbocycles. The number of rotatable bonds is 2. The van der Waals surface area contributed by atoms with Gasteiger partial charge in [0.2, 0.25) is 0 Å². The smallest absolute Gasteiger partial charge is 0.0568 e. The lowest BCUT2D eigenvalue weighted by atomic mass is 9.88. The average molecular weight is 337 g/mol. The Hall–Kier alpha value is -0.990. The quantitative estimate of drug-likeness (QED) is 0.807. The zero-order valence-electron chi connectivity index (χ0n) is 10.5. The summed E-state index contributed by atoms with van der Waals surface area (Å²) in [7, 11) is 0. The largest absolute Gasteiger partial charge is 0.382 e. The van der Waals surface area contributed by atoms with Crippen LogP contribution >= 0.6 is 27.5 Å². The molecule has 1 unspecified atom stereocenters. The van der Waals surface area contributed by atoms with Crippen LogP contribution in [0.4, 0.5) is 5.69 Å². The van der Waals surface area contributed by atoms with Crippen molar-refractivity contribution in [2.24, 2.45) is 0 Å². The SMILES string of the molecule is Clc1cc(NC2CCc3ccccc3C2)ccc1Br. The van der Waals surface area contributed by atoms with Crippen molar-refractivity contribution >= 4 is 33.2 Å². The average Bonchev–Trinajstić information content (AvgIpc) is 2.43. The Kier molecular flexibility index (Phi) is 3.81. The molecule has 3 rings (SSSR count). The van der Waals surface area contributed by atoms with Gasteiger partial charge in [0.15, 0.2) is 0 Å². The molecule has 98 valence electrons. The summed E-state index contributed by atoms with van der Waals surface area (Å²) in [6.45, 7) is 0. The molecule has 0 amide bonds. The summed E-state index contributed by atoms with van der Waals surface area (Å²) in [4.78, 5) is 0. The van der Waals surface area contributed by atoms with Crippen molar-refractivity contribution < 1.29 is 0 Å². The summed E-state index contributed by atoms with van der Waals surface area (Å²) in [6, 6.07) is 15.2. The molecule has 19 heavy (non-hydrogen) atoms. The number of anilines is 1. The summed E-state index contributed by atoms with van der Waals surface area (Å²) in [5.41, 5.74) is 4.06. The van der Waals surface area contributed by atoms with E-state index in [1.165, 1.54) is 17.5 Å². The van der Waals surface area contributed by atoms with Crippen LogP contribution in [0.1, 0.15) is 17.5 Å². The van der Waals surface area contributed by atoms with E-state index < -0.39 is 0 Å². The van der Waals surface area contributed by atoms with Crippen LogP contribution in [0, 0.1) is 0 Å². The van der Waals surface area contributed by atoms with Gasteiger partial charge in [0.1, 0.15) is 0 Å². The van der Waals surface area contributed by atoms with Crippen LogP contribution < -0.4 is 5.32 Å². The second-order valence-corrected chi connectivity index (χ2v) is 6.24. The highest BCUT2D eigenvalue weighted by Crippen LogP contribution is 2.28. The minimum absolute atomic E-state index is 0.493. The van der Waals surface area contributed by atoms with Crippen LogP contribution in [0.5, 0.6) is 0 Å². The molecule has 1 N–H and O–H groups in total. The molecule has 1 atom stereocenters. The van der Waals surface area contributed by atoms with Crippen LogP contribution in [-0.4, -0.2) is 6.04 Å². The van der Waals surface area contributed by atoms with Gasteiger partial charge in [-0.1, -0.05) is 35.9 Å². The molecule has 0 spiro atoms. The van der Waals surface area contributed by atoms with E-state index in [4.69, 9.17) is 11.6 Å². The summed E-state index contributed by atoms with van der Waals surface area (Å²) >= 11 is 9.54. The van der Waals surface area contributed by atoms with Crippen molar-refractivity contribution in [1.29, 1.82) is 0 Å². The molecular weight excluding hydrogens is 322 g/mol. The Morgan fingerprint density at radius 1 is 1.11 bits per heavy atom. The van der Waals surface area contributed by atoms with Crippen molar-refractivity contribution in [3.8, 4) is 0 Å². The molecule has 0 heterocycles. The number of hydrogen-bond acceptors (Lipinski definition) is 1. The maximum absolute atomic E-state index is 6.13. The van der Waals surface area contributed by atoms with Crippen LogP contribution in [0.15, 0.2) is 46.9 Å². The van der Waals surface area contributed by atoms with E-state index in [-0.39, 0.29) is 0 Å². The van der Waals surface area contributed by atoms with Gasteiger partial charge in [0, 0.05) is 16.2 Å². The van der Waals surface area contributed by atoms with Gasteiger partial charge in [-0.15, -0.1) is 0 Å². The predicted molar refractivity (Wildman–Crippen MR) is 85.0 cm³/mol. The highest BCUT2D eigenvalue weighted by Gasteiger charge is 2.17. The number of hydrogen-bond donors (Lipinski definition) is 1. The van der Waals surface area contributed by atoms with E-state index in [2.05, 4.69) is 51.6 Å². The molecule has 0 fully saturated rings. The fourth-order valence-corrected chi connectivity index (χ4v) is 3.07. The maximum Gasteiger partial charge on any atom is 0.0568 e. The molecular formula is C16H15BrClN. The summed E-state index contributed by atoms with van der Waals surface area (Å²) in [6.07, 6.45) is 3.41. The van der Waals surface area contributed by atoms with Crippen LogP contribution in [0.3, 0.4) is 0 Å². The highest BCUT2D eigenvalue weighted by molar-refractivity contribution is 9.10. The normalized spacial score (nSPS) is 17.9. The molecule has 0 aliphatic heterocycles. The van der Waals surface area contributed by atoms with Crippen LogP contribution in [0.2, 0.25) is 5.02 Å². The molecule has 3 heteroatoms. The fourth-order valence-electron chi connectivity index (χ4n) is 2.64. The van der Waals surface area contributed by atoms with Crippen LogP contribution in [-0.2, 0) is 12.8 Å². The van der Waals surface area contributed by atoms with Gasteiger partial charge in [-0.05, 0) is 64.5 Å². The highest BCUT2D eigenvalue weighted by atomic mass is 79.9. The molecule has 0 radical (unpaired) electrons. The third kappa shape index (κ3) is 2.96. The third-order valence-electron chi connectivity index (χ3n) is 3.64. The fraction of sp³-hybridized carbons (Fsp3) is 0.250. The Labute approximate surface area is 127 Å². The Bertz CT molecular complexity index is 597. The predicted octanol–water partition coefficient (Wildman–Crippen LogP) is 5.07. The first-order chi connectivity index (χ1) is 9.22. The second-order valence-electron chi connectivity index (χ2n) is 4.98. The lowest BCUT2D eigenvalue weighted by Crippen LogP contribution is -2.27. The number of fused-ring (bicyclic) bond motifs is 1. The zero-order chi connectivity index (χ0) is 13.2. The molecule has 1 nitrogen and oxygen atoms in total. The number of halogens is 2. The molecule has 1 aliphatic rings. The van der Waals surface area contributed by atoms with E-state index in [0.29, 0.717) is 6.04 Å². The van der Waals surface area contributed by atoms with Crippen molar-refractivity contribution in [2.45, 2.75) is 25.3 Å². The van der Waals surface area contributed by atoms with E-state index in [9.17, 15) is 0 Å². The minimum Gasteiger partial charge on any atom is -0.382 e. The lowest BCUT2D eigenvalue weighted by Gasteiger charge is -2.26. The van der Waals surface area contributed by atoms with E-state index in [0.717, 1.165) is 28.0 Å². The van der Waals surface area contributed by atoms with Gasteiger partial charge in [-0.3, -0.25) is 0 Å². The van der Waals surface area contributed by atoms with Crippen molar-refractivity contribution in [1.82, 2.24) is 0 Å². The first kappa shape index (κ1) is 13.0. The monoisotopic (exact) mass is 335 g/mol. The van der Waals surface area contributed by atoms with Gasteiger partial charge < -0.3 is 5.32 Å². The van der Waals surface area contributed by atoms with Gasteiger partial charge in [0.25, 0.3) is 0 Å². The van der Waals surface area contributed by atoms with Gasteiger partial charge >= 0.3 is 0 Å². The number of benzene rings is 2. The lowest BCUT2D eigenvalue weighted by molar-refractivity contribution is 0.611. The number of nitrogens with one attached hydrogen (secondary N) is 1. The minimum atomic E-state index is 0.493. The van der Waals surface area contributed by atoms with Gasteiger partial charge in [-0.2, -0.15) is 0 Å². The molecule has 0 saturated heterocycles. The van der Waals surface area contributed by atoms with E-state index in [1.807, 2.05) is 12.1 Å². The second kappa shape index (κ2) is 5.56. The summed E-state index contributed by atoms with van der Waals surface area (Å²) < 4.78 is 0.939. The molecule has 0 bridgehead atoms. The molecule has 0 aromatic heterocycles. The zero-order valence-corrected chi connectivity index (χ0v) is 12.8. The molecule has 2 aromatic carbocycles. The Morgan fingerprint density at radius 2 is 1.89 bits per heavy atom. The standard InChI is InChI=1S/C16H15BrClN/c17-15-8-7-14(10-16(15)18)19-13-6-5-11-3-1-2-4-12(11)9-13/h1-4,7-8,10,13,19H,5-6,9H2. The molecule has 2 aromatic rings. The summed E-state index contributed by atoms with van der Waals surface area (Å²) in [5.74, 6) is 0. The Balaban J connectivity index is 1.73. The summed E-state index contributed by atoms with van der Waals surface area (Å²) in [5, 5.41) is 4.34. The van der Waals surface area contributed by atoms with Crippen molar-refractivity contribution in [3.63, 3.8) is 0 Å².